The Bertz CT molecular complexity index is 141. The van der Waals surface area contributed by atoms with E-state index in [0.29, 0.717) is 26.3 Å². The van der Waals surface area contributed by atoms with Gasteiger partial charge in [-0.15, -0.1) is 0 Å². The topological polar surface area (TPSA) is 79.7 Å². The van der Waals surface area contributed by atoms with Crippen molar-refractivity contribution in [3.05, 3.63) is 0 Å². The highest BCUT2D eigenvalue weighted by molar-refractivity contribution is 4.64. The lowest BCUT2D eigenvalue weighted by Gasteiger charge is -2.30. The third kappa shape index (κ3) is 9.50. The molecule has 0 aliphatic carbocycles. The Morgan fingerprint density at radius 3 is 1.82 bits per heavy atom. The number of ether oxygens (including phenoxy) is 3. The molecule has 0 unspecified atom stereocenters. The summed E-state index contributed by atoms with van der Waals surface area (Å²) >= 11 is 0. The molecule has 5 nitrogen and oxygen atoms in total. The number of nitrogens with two attached hydrogens (primary N) is 2. The minimum Gasteiger partial charge on any atom is -0.385 e. The first-order valence-corrected chi connectivity index (χ1v) is 6.35. The van der Waals surface area contributed by atoms with Crippen LogP contribution in [0.4, 0.5) is 0 Å². The highest BCUT2D eigenvalue weighted by Crippen LogP contribution is 2.20. The Balaban J connectivity index is 3.95. The maximum Gasteiger partial charge on any atom is 0.165 e. The summed E-state index contributed by atoms with van der Waals surface area (Å²) < 4.78 is 16.6. The van der Waals surface area contributed by atoms with Crippen molar-refractivity contribution in [2.75, 3.05) is 40.0 Å². The molecule has 0 aromatic rings. The molecule has 4 N–H and O–H groups in total. The van der Waals surface area contributed by atoms with Crippen molar-refractivity contribution < 1.29 is 14.2 Å². The van der Waals surface area contributed by atoms with Gasteiger partial charge in [-0.05, 0) is 39.3 Å². The first-order chi connectivity index (χ1) is 8.18. The van der Waals surface area contributed by atoms with Gasteiger partial charge in [-0.3, -0.25) is 0 Å². The van der Waals surface area contributed by atoms with Crippen LogP contribution in [0.15, 0.2) is 0 Å². The van der Waals surface area contributed by atoms with Crippen molar-refractivity contribution >= 4 is 0 Å². The van der Waals surface area contributed by atoms with Crippen LogP contribution < -0.4 is 11.5 Å². The van der Waals surface area contributed by atoms with Gasteiger partial charge in [0, 0.05) is 20.1 Å². The van der Waals surface area contributed by atoms with E-state index in [1.807, 2.05) is 6.92 Å². The molecule has 5 heteroatoms. The van der Waals surface area contributed by atoms with E-state index in [2.05, 4.69) is 0 Å². The minimum atomic E-state index is -0.539. The Kier molecular flexibility index (Phi) is 10.8. The van der Waals surface area contributed by atoms with Gasteiger partial charge in [-0.2, -0.15) is 0 Å². The third-order valence-electron chi connectivity index (χ3n) is 2.49. The van der Waals surface area contributed by atoms with Gasteiger partial charge in [-0.1, -0.05) is 0 Å². The van der Waals surface area contributed by atoms with Crippen LogP contribution in [0.1, 0.15) is 32.6 Å². The zero-order valence-corrected chi connectivity index (χ0v) is 11.2. The van der Waals surface area contributed by atoms with Crippen LogP contribution in [-0.2, 0) is 14.2 Å². The molecule has 0 aromatic heterocycles. The zero-order chi connectivity index (χ0) is 13.0. The fourth-order valence-electron chi connectivity index (χ4n) is 1.47. The molecule has 0 aliphatic heterocycles. The Labute approximate surface area is 105 Å². The van der Waals surface area contributed by atoms with Crippen molar-refractivity contribution in [2.45, 2.75) is 38.4 Å². The predicted molar refractivity (Wildman–Crippen MR) is 68.8 cm³/mol. The number of hydrogen-bond acceptors (Lipinski definition) is 5. The molecule has 0 fully saturated rings. The lowest BCUT2D eigenvalue weighted by Crippen LogP contribution is -2.34. The van der Waals surface area contributed by atoms with Crippen LogP contribution in [0, 0.1) is 0 Å². The summed E-state index contributed by atoms with van der Waals surface area (Å²) in [6.07, 6.45) is 3.43. The normalized spacial score (nSPS) is 12.0. The van der Waals surface area contributed by atoms with Crippen LogP contribution in [0.5, 0.6) is 0 Å². The van der Waals surface area contributed by atoms with Crippen molar-refractivity contribution in [2.24, 2.45) is 11.5 Å². The quantitative estimate of drug-likeness (QED) is 0.395. The van der Waals surface area contributed by atoms with E-state index < -0.39 is 5.79 Å². The molecule has 0 rings (SSSR count). The molecule has 0 amide bonds. The van der Waals surface area contributed by atoms with E-state index in [1.165, 1.54) is 0 Å². The van der Waals surface area contributed by atoms with Crippen molar-refractivity contribution in [3.8, 4) is 0 Å². The molecule has 0 saturated heterocycles. The first kappa shape index (κ1) is 16.8. The van der Waals surface area contributed by atoms with E-state index in [0.717, 1.165) is 32.3 Å². The van der Waals surface area contributed by atoms with Gasteiger partial charge in [0.05, 0.1) is 13.2 Å². The van der Waals surface area contributed by atoms with Crippen molar-refractivity contribution in [1.82, 2.24) is 0 Å². The second kappa shape index (κ2) is 10.9. The van der Waals surface area contributed by atoms with Gasteiger partial charge in [0.2, 0.25) is 0 Å². The SMILES string of the molecule is COCCCC(C)(OCCCN)OCCCN. The molecular weight excluding hydrogens is 220 g/mol. The van der Waals surface area contributed by atoms with E-state index >= 15 is 0 Å². The summed E-state index contributed by atoms with van der Waals surface area (Å²) in [5, 5.41) is 0. The van der Waals surface area contributed by atoms with Gasteiger partial charge >= 0.3 is 0 Å². The lowest BCUT2D eigenvalue weighted by atomic mass is 10.1. The highest BCUT2D eigenvalue weighted by Gasteiger charge is 2.24. The molecule has 104 valence electrons. The van der Waals surface area contributed by atoms with Crippen LogP contribution >= 0.6 is 0 Å². The number of hydrogen-bond donors (Lipinski definition) is 2. The second-order valence-electron chi connectivity index (χ2n) is 4.21. The van der Waals surface area contributed by atoms with Crippen molar-refractivity contribution in [1.29, 1.82) is 0 Å². The second-order valence-corrected chi connectivity index (χ2v) is 4.21. The highest BCUT2D eigenvalue weighted by atomic mass is 16.7. The van der Waals surface area contributed by atoms with E-state index in [9.17, 15) is 0 Å². The molecule has 0 heterocycles. The van der Waals surface area contributed by atoms with Crippen molar-refractivity contribution in [3.63, 3.8) is 0 Å². The fraction of sp³-hybridized carbons (Fsp3) is 1.00. The average Bonchev–Trinajstić information content (AvgIpc) is 2.30. The lowest BCUT2D eigenvalue weighted by molar-refractivity contribution is -0.230. The Hall–Kier alpha value is -0.200. The zero-order valence-electron chi connectivity index (χ0n) is 11.2. The molecule has 0 bridgehead atoms. The Morgan fingerprint density at radius 1 is 0.882 bits per heavy atom. The van der Waals surface area contributed by atoms with Gasteiger partial charge in [0.25, 0.3) is 0 Å². The van der Waals surface area contributed by atoms with Crippen LogP contribution in [0.2, 0.25) is 0 Å². The summed E-state index contributed by atoms with van der Waals surface area (Å²) in [5.41, 5.74) is 10.9. The number of methoxy groups -OCH3 is 1. The summed E-state index contributed by atoms with van der Waals surface area (Å²) in [7, 11) is 1.70. The molecule has 0 saturated carbocycles. The molecule has 0 aromatic carbocycles. The third-order valence-corrected chi connectivity index (χ3v) is 2.49. The van der Waals surface area contributed by atoms with Crippen LogP contribution in [0.3, 0.4) is 0 Å². The Morgan fingerprint density at radius 2 is 1.41 bits per heavy atom. The van der Waals surface area contributed by atoms with Gasteiger partial charge < -0.3 is 25.7 Å². The molecule has 0 aliphatic rings. The molecule has 0 atom stereocenters. The summed E-state index contributed by atoms with van der Waals surface area (Å²) in [5.74, 6) is -0.539. The predicted octanol–water partition coefficient (Wildman–Crippen LogP) is 0.860. The average molecular weight is 248 g/mol. The first-order valence-electron chi connectivity index (χ1n) is 6.35. The summed E-state index contributed by atoms with van der Waals surface area (Å²) in [6, 6.07) is 0. The van der Waals surface area contributed by atoms with E-state index in [-0.39, 0.29) is 0 Å². The molecule has 0 radical (unpaired) electrons. The summed E-state index contributed by atoms with van der Waals surface area (Å²) in [4.78, 5) is 0. The van der Waals surface area contributed by atoms with Gasteiger partial charge in [0.15, 0.2) is 5.79 Å². The molecule has 17 heavy (non-hydrogen) atoms. The van der Waals surface area contributed by atoms with E-state index in [1.54, 1.807) is 7.11 Å². The molecular formula is C12H28N2O3. The maximum absolute atomic E-state index is 5.76. The van der Waals surface area contributed by atoms with Crippen LogP contribution in [-0.4, -0.2) is 45.8 Å². The standard InChI is InChI=1S/C12H28N2O3/c1-12(6-3-9-15-2,16-10-4-7-13)17-11-5-8-14/h3-11,13-14H2,1-2H3. The molecule has 0 spiro atoms. The largest absolute Gasteiger partial charge is 0.385 e. The smallest absolute Gasteiger partial charge is 0.165 e. The number of rotatable bonds is 12. The minimum absolute atomic E-state index is 0.539. The van der Waals surface area contributed by atoms with E-state index in [4.69, 9.17) is 25.7 Å². The van der Waals surface area contributed by atoms with Crippen LogP contribution in [0.25, 0.3) is 0 Å². The summed E-state index contributed by atoms with van der Waals surface area (Å²) in [6.45, 7) is 5.21. The van der Waals surface area contributed by atoms with Gasteiger partial charge in [-0.25, -0.2) is 0 Å². The monoisotopic (exact) mass is 248 g/mol. The van der Waals surface area contributed by atoms with Gasteiger partial charge in [0.1, 0.15) is 0 Å². The maximum atomic E-state index is 5.76. The fourth-order valence-corrected chi connectivity index (χ4v) is 1.47.